The van der Waals surface area contributed by atoms with Crippen LogP contribution in [-0.4, -0.2) is 46.5 Å². The van der Waals surface area contributed by atoms with E-state index in [1.54, 1.807) is 9.58 Å². The van der Waals surface area contributed by atoms with Crippen molar-refractivity contribution >= 4 is 29.1 Å². The molecule has 0 radical (unpaired) electrons. The maximum atomic E-state index is 12.6. The van der Waals surface area contributed by atoms with Gasteiger partial charge in [0, 0.05) is 18.7 Å². The number of thioether (sulfide) groups is 1. The summed E-state index contributed by atoms with van der Waals surface area (Å²) in [6.07, 6.45) is 5.00. The van der Waals surface area contributed by atoms with Crippen LogP contribution in [0.3, 0.4) is 0 Å². The standard InChI is InChI=1S/C18H25F3N4OS/c1-3-6-15-16(12-25(23-15)14-7-5-9-22-11-14)24(4-2)17(26)8-10-27-13-18(19,20)21/h5,7,9,12,22H,3-4,6,8,10-11,13H2,1-2H3. The predicted molar refractivity (Wildman–Crippen MR) is 104 cm³/mol. The number of rotatable bonds is 9. The highest BCUT2D eigenvalue weighted by Crippen LogP contribution is 2.25. The number of hydrogen-bond acceptors (Lipinski definition) is 4. The van der Waals surface area contributed by atoms with E-state index in [9.17, 15) is 18.0 Å². The van der Waals surface area contributed by atoms with Crippen molar-refractivity contribution in [3.63, 3.8) is 0 Å². The monoisotopic (exact) mass is 402 g/mol. The molecule has 2 heterocycles. The molecule has 0 saturated heterocycles. The number of allylic oxidation sites excluding steroid dienone is 2. The van der Waals surface area contributed by atoms with Crippen LogP contribution in [0.15, 0.2) is 24.5 Å². The van der Waals surface area contributed by atoms with Crippen molar-refractivity contribution in [2.45, 2.75) is 39.3 Å². The van der Waals surface area contributed by atoms with Crippen LogP contribution < -0.4 is 10.2 Å². The number of carbonyl (C=O) groups excluding carboxylic acids is 1. The molecule has 0 aliphatic carbocycles. The van der Waals surface area contributed by atoms with Gasteiger partial charge in [-0.3, -0.25) is 4.79 Å². The Bertz CT molecular complexity index is 697. The highest BCUT2D eigenvalue weighted by atomic mass is 32.2. The van der Waals surface area contributed by atoms with Crippen molar-refractivity contribution in [1.82, 2.24) is 15.1 Å². The van der Waals surface area contributed by atoms with Gasteiger partial charge in [-0.25, -0.2) is 4.68 Å². The summed E-state index contributed by atoms with van der Waals surface area (Å²) in [6, 6.07) is 0. The second kappa shape index (κ2) is 9.87. The average molecular weight is 402 g/mol. The smallest absolute Gasteiger partial charge is 0.385 e. The van der Waals surface area contributed by atoms with E-state index >= 15 is 0 Å². The van der Waals surface area contributed by atoms with Crippen LogP contribution in [0.4, 0.5) is 18.9 Å². The fourth-order valence-corrected chi connectivity index (χ4v) is 3.45. The SMILES string of the molecule is CCCc1nn(C2=CC=CNC2)cc1N(CC)C(=O)CCSCC(F)(F)F. The molecule has 0 bridgehead atoms. The van der Waals surface area contributed by atoms with Gasteiger partial charge in [-0.2, -0.15) is 30.0 Å². The lowest BCUT2D eigenvalue weighted by Gasteiger charge is -2.20. The van der Waals surface area contributed by atoms with Gasteiger partial charge >= 0.3 is 6.18 Å². The first kappa shape index (κ1) is 21.4. The zero-order valence-corrected chi connectivity index (χ0v) is 16.4. The molecule has 0 saturated carbocycles. The molecule has 9 heteroatoms. The molecule has 1 aliphatic rings. The van der Waals surface area contributed by atoms with E-state index in [1.807, 2.05) is 38.4 Å². The number of alkyl halides is 3. The first-order chi connectivity index (χ1) is 12.9. The van der Waals surface area contributed by atoms with Crippen LogP contribution in [0, 0.1) is 0 Å². The molecule has 1 aromatic heterocycles. The van der Waals surface area contributed by atoms with Crippen molar-refractivity contribution in [2.75, 3.05) is 29.5 Å². The van der Waals surface area contributed by atoms with Crippen LogP contribution >= 0.6 is 11.8 Å². The molecule has 1 amide bonds. The fraction of sp³-hybridized carbons (Fsp3) is 0.556. The third-order valence-electron chi connectivity index (χ3n) is 3.97. The molecule has 1 aromatic rings. The topological polar surface area (TPSA) is 50.2 Å². The molecule has 1 aliphatic heterocycles. The third-order valence-corrected chi connectivity index (χ3v) is 4.99. The van der Waals surface area contributed by atoms with Gasteiger partial charge in [-0.1, -0.05) is 13.3 Å². The molecule has 2 rings (SSSR count). The summed E-state index contributed by atoms with van der Waals surface area (Å²) >= 11 is 0.736. The normalized spacial score (nSPS) is 14.0. The second-order valence-electron chi connectivity index (χ2n) is 6.11. The number of aryl methyl sites for hydroxylation is 1. The molecule has 0 spiro atoms. The molecule has 1 N–H and O–H groups in total. The second-order valence-corrected chi connectivity index (χ2v) is 7.21. The molecule has 0 atom stereocenters. The highest BCUT2D eigenvalue weighted by Gasteiger charge is 2.27. The van der Waals surface area contributed by atoms with Crippen molar-refractivity contribution in [3.8, 4) is 0 Å². The van der Waals surface area contributed by atoms with Gasteiger partial charge in [0.25, 0.3) is 0 Å². The van der Waals surface area contributed by atoms with E-state index in [0.29, 0.717) is 13.1 Å². The van der Waals surface area contributed by atoms with Crippen molar-refractivity contribution < 1.29 is 18.0 Å². The van der Waals surface area contributed by atoms with Gasteiger partial charge in [-0.15, -0.1) is 0 Å². The summed E-state index contributed by atoms with van der Waals surface area (Å²) < 4.78 is 38.5. The van der Waals surface area contributed by atoms with Crippen LogP contribution in [0.25, 0.3) is 5.70 Å². The molecule has 0 fully saturated rings. The van der Waals surface area contributed by atoms with E-state index < -0.39 is 11.9 Å². The Morgan fingerprint density at radius 1 is 1.41 bits per heavy atom. The Morgan fingerprint density at radius 2 is 2.19 bits per heavy atom. The molecule has 0 aromatic carbocycles. The number of aromatic nitrogens is 2. The zero-order chi connectivity index (χ0) is 19.9. The first-order valence-corrected chi connectivity index (χ1v) is 10.1. The average Bonchev–Trinajstić information content (AvgIpc) is 3.03. The van der Waals surface area contributed by atoms with Gasteiger partial charge in [-0.05, 0) is 31.7 Å². The van der Waals surface area contributed by atoms with E-state index in [-0.39, 0.29) is 18.1 Å². The third kappa shape index (κ3) is 6.34. The number of carbonyl (C=O) groups is 1. The minimum absolute atomic E-state index is 0.0678. The minimum Gasteiger partial charge on any atom is -0.385 e. The molecule has 27 heavy (non-hydrogen) atoms. The van der Waals surface area contributed by atoms with Crippen LogP contribution in [0.1, 0.15) is 32.4 Å². The van der Waals surface area contributed by atoms with Crippen molar-refractivity contribution in [2.24, 2.45) is 0 Å². The molecule has 0 unspecified atom stereocenters. The Hall–Kier alpha value is -1.90. The summed E-state index contributed by atoms with van der Waals surface area (Å²) in [5.74, 6) is -0.966. The maximum absolute atomic E-state index is 12.6. The fourth-order valence-electron chi connectivity index (χ4n) is 2.76. The van der Waals surface area contributed by atoms with Crippen LogP contribution in [0.2, 0.25) is 0 Å². The zero-order valence-electron chi connectivity index (χ0n) is 15.6. The van der Waals surface area contributed by atoms with Gasteiger partial charge in [0.2, 0.25) is 5.91 Å². The number of nitrogens with one attached hydrogen (secondary N) is 1. The van der Waals surface area contributed by atoms with Gasteiger partial charge in [0.15, 0.2) is 0 Å². The lowest BCUT2D eigenvalue weighted by molar-refractivity contribution is -0.118. The number of amides is 1. The summed E-state index contributed by atoms with van der Waals surface area (Å²) in [6.45, 7) is 4.98. The quantitative estimate of drug-likeness (QED) is 0.638. The van der Waals surface area contributed by atoms with E-state index in [1.165, 1.54) is 0 Å². The summed E-state index contributed by atoms with van der Waals surface area (Å²) in [4.78, 5) is 14.2. The Balaban J connectivity index is 2.12. The van der Waals surface area contributed by atoms with E-state index in [4.69, 9.17) is 0 Å². The largest absolute Gasteiger partial charge is 0.397 e. The van der Waals surface area contributed by atoms with Crippen molar-refractivity contribution in [1.29, 1.82) is 0 Å². The minimum atomic E-state index is -4.20. The first-order valence-electron chi connectivity index (χ1n) is 8.98. The van der Waals surface area contributed by atoms with Gasteiger partial charge in [0.05, 0.1) is 35.6 Å². The van der Waals surface area contributed by atoms with Gasteiger partial charge in [0.1, 0.15) is 0 Å². The number of anilines is 1. The number of halogens is 3. The van der Waals surface area contributed by atoms with E-state index in [0.717, 1.165) is 41.7 Å². The molecule has 5 nitrogen and oxygen atoms in total. The molecule has 150 valence electrons. The maximum Gasteiger partial charge on any atom is 0.397 e. The van der Waals surface area contributed by atoms with E-state index in [2.05, 4.69) is 10.4 Å². The van der Waals surface area contributed by atoms with Crippen LogP contribution in [0.5, 0.6) is 0 Å². The predicted octanol–water partition coefficient (Wildman–Crippen LogP) is 3.83. The lowest BCUT2D eigenvalue weighted by Crippen LogP contribution is -2.31. The summed E-state index contributed by atoms with van der Waals surface area (Å²) in [5, 5.41) is 7.75. The summed E-state index contributed by atoms with van der Waals surface area (Å²) in [5.41, 5.74) is 2.53. The Labute approximate surface area is 161 Å². The Kier molecular flexibility index (Phi) is 7.82. The molecular weight excluding hydrogens is 377 g/mol. The number of dihydropyridines is 1. The summed E-state index contributed by atoms with van der Waals surface area (Å²) in [7, 11) is 0. The number of nitrogens with zero attached hydrogens (tertiary/aromatic N) is 3. The van der Waals surface area contributed by atoms with Gasteiger partial charge < -0.3 is 10.2 Å². The lowest BCUT2D eigenvalue weighted by atomic mass is 10.2. The molecular formula is C18H25F3N4OS. The number of hydrogen-bond donors (Lipinski definition) is 1. The van der Waals surface area contributed by atoms with Crippen molar-refractivity contribution in [3.05, 3.63) is 30.2 Å². The Morgan fingerprint density at radius 3 is 2.78 bits per heavy atom. The van der Waals surface area contributed by atoms with Crippen LogP contribution in [-0.2, 0) is 11.2 Å². The highest BCUT2D eigenvalue weighted by molar-refractivity contribution is 7.99.